The number of rotatable bonds is 6. The largest absolute Gasteiger partial charge is 0.490 e. The molecule has 0 spiro atoms. The van der Waals surface area contributed by atoms with E-state index in [1.165, 1.54) is 12.1 Å². The third-order valence-corrected chi connectivity index (χ3v) is 2.54. The van der Waals surface area contributed by atoms with Crippen LogP contribution in [0.1, 0.15) is 10.4 Å². The van der Waals surface area contributed by atoms with E-state index in [1.807, 2.05) is 18.2 Å². The first-order valence-corrected chi connectivity index (χ1v) is 6.01. The van der Waals surface area contributed by atoms with Crippen molar-refractivity contribution in [2.24, 2.45) is 0 Å². The van der Waals surface area contributed by atoms with E-state index in [2.05, 4.69) is 0 Å². The zero-order chi connectivity index (χ0) is 14.4. The van der Waals surface area contributed by atoms with Crippen molar-refractivity contribution in [1.29, 1.82) is 0 Å². The first kappa shape index (κ1) is 13.9. The van der Waals surface area contributed by atoms with Crippen LogP contribution in [-0.2, 0) is 0 Å². The fourth-order valence-corrected chi connectivity index (χ4v) is 1.64. The van der Waals surface area contributed by atoms with E-state index in [9.17, 15) is 9.18 Å². The van der Waals surface area contributed by atoms with Crippen molar-refractivity contribution in [3.05, 3.63) is 59.9 Å². The van der Waals surface area contributed by atoms with Crippen molar-refractivity contribution in [1.82, 2.24) is 0 Å². The van der Waals surface area contributed by atoms with Gasteiger partial charge in [-0.2, -0.15) is 0 Å². The molecule has 2 rings (SSSR count). The number of halogens is 1. The Morgan fingerprint density at radius 3 is 2.40 bits per heavy atom. The number of hydrogen-bond acceptors (Lipinski definition) is 3. The maximum atomic E-state index is 13.5. The highest BCUT2D eigenvalue weighted by Crippen LogP contribution is 2.22. The number of benzene rings is 2. The third-order valence-electron chi connectivity index (χ3n) is 2.54. The molecule has 0 radical (unpaired) electrons. The molecule has 4 nitrogen and oxygen atoms in total. The van der Waals surface area contributed by atoms with Crippen LogP contribution in [0.5, 0.6) is 11.5 Å². The van der Waals surface area contributed by atoms with E-state index in [-0.39, 0.29) is 24.5 Å². The van der Waals surface area contributed by atoms with Gasteiger partial charge in [0.25, 0.3) is 0 Å². The van der Waals surface area contributed by atoms with Gasteiger partial charge in [0.15, 0.2) is 11.6 Å². The Labute approximate surface area is 115 Å². The minimum Gasteiger partial charge on any atom is -0.490 e. The number of hydrogen-bond donors (Lipinski definition) is 1. The van der Waals surface area contributed by atoms with Gasteiger partial charge in [-0.1, -0.05) is 24.3 Å². The van der Waals surface area contributed by atoms with E-state index < -0.39 is 11.8 Å². The van der Waals surface area contributed by atoms with Crippen molar-refractivity contribution < 1.29 is 23.8 Å². The Balaban J connectivity index is 1.93. The van der Waals surface area contributed by atoms with Gasteiger partial charge in [0, 0.05) is 0 Å². The molecule has 20 heavy (non-hydrogen) atoms. The quantitative estimate of drug-likeness (QED) is 0.824. The third kappa shape index (κ3) is 3.47. The molecule has 0 fully saturated rings. The van der Waals surface area contributed by atoms with Crippen molar-refractivity contribution in [2.45, 2.75) is 0 Å². The van der Waals surface area contributed by atoms with Crippen LogP contribution < -0.4 is 9.47 Å². The number of aromatic carboxylic acids is 1. The SMILES string of the molecule is O=C(O)c1cccc(F)c1OCCOc1ccccc1. The molecular weight excluding hydrogens is 263 g/mol. The van der Waals surface area contributed by atoms with Gasteiger partial charge in [-0.15, -0.1) is 0 Å². The molecule has 0 atom stereocenters. The number of carbonyl (C=O) groups is 1. The van der Waals surface area contributed by atoms with Crippen LogP contribution in [0.25, 0.3) is 0 Å². The fourth-order valence-electron chi connectivity index (χ4n) is 1.64. The molecule has 0 bridgehead atoms. The minimum absolute atomic E-state index is 0.0517. The standard InChI is InChI=1S/C15H13FO4/c16-13-8-4-7-12(15(17)18)14(13)20-10-9-19-11-5-2-1-3-6-11/h1-8H,9-10H2,(H,17,18). The monoisotopic (exact) mass is 276 g/mol. The molecule has 0 aromatic heterocycles. The predicted octanol–water partition coefficient (Wildman–Crippen LogP) is 2.98. The van der Waals surface area contributed by atoms with Crippen LogP contribution in [-0.4, -0.2) is 24.3 Å². The summed E-state index contributed by atoms with van der Waals surface area (Å²) in [4.78, 5) is 11.0. The van der Waals surface area contributed by atoms with E-state index >= 15 is 0 Å². The summed E-state index contributed by atoms with van der Waals surface area (Å²) in [7, 11) is 0. The van der Waals surface area contributed by atoms with Gasteiger partial charge in [0.05, 0.1) is 0 Å². The smallest absolute Gasteiger partial charge is 0.339 e. The van der Waals surface area contributed by atoms with Crippen molar-refractivity contribution in [3.63, 3.8) is 0 Å². The summed E-state index contributed by atoms with van der Waals surface area (Å²) in [5, 5.41) is 8.95. The van der Waals surface area contributed by atoms with Crippen LogP contribution in [0.3, 0.4) is 0 Å². The van der Waals surface area contributed by atoms with Crippen LogP contribution >= 0.6 is 0 Å². The molecule has 104 valence electrons. The summed E-state index contributed by atoms with van der Waals surface area (Å²) in [6, 6.07) is 12.9. The molecule has 0 saturated carbocycles. The summed E-state index contributed by atoms with van der Waals surface area (Å²) < 4.78 is 24.1. The van der Waals surface area contributed by atoms with Crippen LogP contribution in [0.2, 0.25) is 0 Å². The van der Waals surface area contributed by atoms with Crippen LogP contribution in [0, 0.1) is 5.82 Å². The molecular formula is C15H13FO4. The zero-order valence-corrected chi connectivity index (χ0v) is 10.6. The van der Waals surface area contributed by atoms with Gasteiger partial charge in [-0.3, -0.25) is 0 Å². The molecule has 1 N–H and O–H groups in total. The first-order valence-electron chi connectivity index (χ1n) is 6.01. The van der Waals surface area contributed by atoms with Crippen LogP contribution in [0.4, 0.5) is 4.39 Å². The van der Waals surface area contributed by atoms with Crippen molar-refractivity contribution >= 4 is 5.97 Å². The lowest BCUT2D eigenvalue weighted by Crippen LogP contribution is -2.12. The van der Waals surface area contributed by atoms with Crippen molar-refractivity contribution in [3.8, 4) is 11.5 Å². The molecule has 0 unspecified atom stereocenters. The van der Waals surface area contributed by atoms with E-state index in [0.717, 1.165) is 6.07 Å². The molecule has 2 aromatic rings. The van der Waals surface area contributed by atoms with Gasteiger partial charge in [0.1, 0.15) is 24.5 Å². The summed E-state index contributed by atoms with van der Waals surface area (Å²) in [6.07, 6.45) is 0. The molecule has 2 aromatic carbocycles. The highest BCUT2D eigenvalue weighted by molar-refractivity contribution is 5.90. The second-order valence-corrected chi connectivity index (χ2v) is 3.93. The van der Waals surface area contributed by atoms with Crippen LogP contribution in [0.15, 0.2) is 48.5 Å². The van der Waals surface area contributed by atoms with E-state index in [0.29, 0.717) is 5.75 Å². The number of carboxylic acids is 1. The Hall–Kier alpha value is -2.56. The lowest BCUT2D eigenvalue weighted by Gasteiger charge is -2.11. The summed E-state index contributed by atoms with van der Waals surface area (Å²) in [6.45, 7) is 0.244. The topological polar surface area (TPSA) is 55.8 Å². The molecule has 0 aliphatic carbocycles. The Morgan fingerprint density at radius 2 is 1.70 bits per heavy atom. The number of carboxylic acid groups (broad SMARTS) is 1. The lowest BCUT2D eigenvalue weighted by molar-refractivity contribution is 0.0690. The van der Waals surface area contributed by atoms with Gasteiger partial charge in [0.2, 0.25) is 0 Å². The van der Waals surface area contributed by atoms with E-state index in [4.69, 9.17) is 14.6 Å². The van der Waals surface area contributed by atoms with Crippen molar-refractivity contribution in [2.75, 3.05) is 13.2 Å². The zero-order valence-electron chi connectivity index (χ0n) is 10.6. The summed E-state index contributed by atoms with van der Waals surface area (Å²) in [5.74, 6) is -1.53. The van der Waals surface area contributed by atoms with Gasteiger partial charge in [-0.25, -0.2) is 9.18 Å². The highest BCUT2D eigenvalue weighted by Gasteiger charge is 2.15. The Kier molecular flexibility index (Phi) is 4.55. The maximum Gasteiger partial charge on any atom is 0.339 e. The molecule has 0 saturated heterocycles. The maximum absolute atomic E-state index is 13.5. The van der Waals surface area contributed by atoms with Gasteiger partial charge >= 0.3 is 5.97 Å². The summed E-state index contributed by atoms with van der Waals surface area (Å²) >= 11 is 0. The van der Waals surface area contributed by atoms with Gasteiger partial charge < -0.3 is 14.6 Å². The Bertz CT molecular complexity index is 584. The summed E-state index contributed by atoms with van der Waals surface area (Å²) in [5.41, 5.74) is -0.204. The lowest BCUT2D eigenvalue weighted by atomic mass is 10.2. The molecule has 0 amide bonds. The van der Waals surface area contributed by atoms with Gasteiger partial charge in [-0.05, 0) is 24.3 Å². The number of ether oxygens (including phenoxy) is 2. The second kappa shape index (κ2) is 6.56. The number of para-hydroxylation sites is 2. The Morgan fingerprint density at radius 1 is 1.00 bits per heavy atom. The average molecular weight is 276 g/mol. The second-order valence-electron chi connectivity index (χ2n) is 3.93. The molecule has 5 heteroatoms. The molecule has 0 aliphatic rings. The first-order chi connectivity index (χ1) is 9.68. The predicted molar refractivity (Wildman–Crippen MR) is 70.8 cm³/mol. The van der Waals surface area contributed by atoms with E-state index in [1.54, 1.807) is 12.1 Å². The minimum atomic E-state index is -1.23. The fraction of sp³-hybridized carbons (Fsp3) is 0.133. The molecule has 0 heterocycles. The normalized spacial score (nSPS) is 10.1. The molecule has 0 aliphatic heterocycles. The highest BCUT2D eigenvalue weighted by atomic mass is 19.1. The average Bonchev–Trinajstić information content (AvgIpc) is 2.45.